The zero-order valence-corrected chi connectivity index (χ0v) is 18.4. The minimum Gasteiger partial charge on any atom is -0.491 e. The van der Waals surface area contributed by atoms with E-state index in [1.807, 2.05) is 0 Å². The number of carboxylic acid groups (broad SMARTS) is 1. The van der Waals surface area contributed by atoms with Crippen LogP contribution >= 0.6 is 0 Å². The number of benzene rings is 2. The van der Waals surface area contributed by atoms with Crippen molar-refractivity contribution in [1.82, 2.24) is 0 Å². The number of aliphatic carboxylic acids is 1. The van der Waals surface area contributed by atoms with Gasteiger partial charge in [-0.15, -0.1) is 0 Å². The van der Waals surface area contributed by atoms with Crippen LogP contribution in [-0.2, 0) is 14.3 Å². The zero-order chi connectivity index (χ0) is 24.2. The first kappa shape index (κ1) is 25.6. The van der Waals surface area contributed by atoms with Crippen molar-refractivity contribution in [3.05, 3.63) is 71.8 Å². The minimum absolute atomic E-state index is 0.0969. The zero-order valence-electron chi connectivity index (χ0n) is 18.4. The third-order valence-electron chi connectivity index (χ3n) is 4.43. The van der Waals surface area contributed by atoms with Crippen LogP contribution in [0.2, 0.25) is 0 Å². The molecule has 2 aromatic carbocycles. The van der Waals surface area contributed by atoms with E-state index >= 15 is 0 Å². The van der Waals surface area contributed by atoms with Crippen LogP contribution in [0.25, 0.3) is 0 Å². The number of ether oxygens (including phenoxy) is 3. The van der Waals surface area contributed by atoms with Crippen molar-refractivity contribution in [3.8, 4) is 5.75 Å². The van der Waals surface area contributed by atoms with Gasteiger partial charge < -0.3 is 24.4 Å². The van der Waals surface area contributed by atoms with Crippen LogP contribution in [-0.4, -0.2) is 54.0 Å². The maximum absolute atomic E-state index is 12.6. The molecule has 0 heterocycles. The third-order valence-corrected chi connectivity index (χ3v) is 4.43. The fourth-order valence-corrected chi connectivity index (χ4v) is 2.91. The van der Waals surface area contributed by atoms with Gasteiger partial charge in [0.15, 0.2) is 11.9 Å². The van der Waals surface area contributed by atoms with Crippen molar-refractivity contribution in [1.29, 1.82) is 0 Å². The lowest BCUT2D eigenvalue weighted by Crippen LogP contribution is -2.28. The maximum Gasteiger partial charge on any atom is 0.412 e. The molecule has 0 spiro atoms. The fraction of sp³-hybridized carbons (Fsp3) is 0.292. The Morgan fingerprint density at radius 3 is 2.27 bits per heavy atom. The summed E-state index contributed by atoms with van der Waals surface area (Å²) in [7, 11) is 0. The number of carboxylic acids is 1. The normalized spacial score (nSPS) is 12.7. The van der Waals surface area contributed by atoms with E-state index in [-0.39, 0.29) is 25.6 Å². The molecule has 9 heteroatoms. The molecule has 2 atom stereocenters. The number of carbonyl (C=O) groups excluding carboxylic acids is 2. The summed E-state index contributed by atoms with van der Waals surface area (Å²) in [6.45, 7) is 3.43. The highest BCUT2D eigenvalue weighted by molar-refractivity contribution is 5.95. The van der Waals surface area contributed by atoms with Gasteiger partial charge in [-0.05, 0) is 61.9 Å². The minimum atomic E-state index is -1.17. The number of hydrogen-bond donors (Lipinski definition) is 3. The summed E-state index contributed by atoms with van der Waals surface area (Å²) in [5.41, 5.74) is 1.47. The van der Waals surface area contributed by atoms with E-state index in [0.29, 0.717) is 22.6 Å². The van der Waals surface area contributed by atoms with E-state index in [0.717, 1.165) is 6.08 Å². The van der Waals surface area contributed by atoms with Gasteiger partial charge in [-0.3, -0.25) is 10.1 Å². The Labute approximate surface area is 191 Å². The van der Waals surface area contributed by atoms with E-state index in [2.05, 4.69) is 5.32 Å². The van der Waals surface area contributed by atoms with E-state index in [9.17, 15) is 14.4 Å². The van der Waals surface area contributed by atoms with E-state index in [4.69, 9.17) is 24.4 Å². The molecule has 0 aliphatic rings. The molecule has 0 aromatic heterocycles. The number of rotatable bonds is 12. The van der Waals surface area contributed by atoms with Gasteiger partial charge in [0.05, 0.1) is 6.61 Å². The third kappa shape index (κ3) is 8.40. The summed E-state index contributed by atoms with van der Waals surface area (Å²) in [5, 5.41) is 20.5. The average molecular weight is 457 g/mol. The SMILES string of the molecule is CCO[C@H](/C=C/C(=O)O)[C@H](OC(=O)Nc1ccc(C(C)=O)cc1)c1ccc(OCCO)cc1. The first-order valence-corrected chi connectivity index (χ1v) is 10.3. The number of carbonyl (C=O) groups is 3. The summed E-state index contributed by atoms with van der Waals surface area (Å²) >= 11 is 0. The molecule has 0 fully saturated rings. The summed E-state index contributed by atoms with van der Waals surface area (Å²) in [6.07, 6.45) is -0.398. The Kier molecular flexibility index (Phi) is 10.1. The Hall–Kier alpha value is -3.69. The second kappa shape index (κ2) is 13.0. The predicted molar refractivity (Wildman–Crippen MR) is 121 cm³/mol. The molecule has 9 nitrogen and oxygen atoms in total. The number of hydrogen-bond acceptors (Lipinski definition) is 7. The Morgan fingerprint density at radius 2 is 1.73 bits per heavy atom. The van der Waals surface area contributed by atoms with Crippen molar-refractivity contribution in [2.75, 3.05) is 25.1 Å². The first-order chi connectivity index (χ1) is 15.8. The number of Topliss-reactive ketones (excluding diaryl/α,β-unsaturated/α-hetero) is 1. The molecule has 1 amide bonds. The highest BCUT2D eigenvalue weighted by Crippen LogP contribution is 2.27. The largest absolute Gasteiger partial charge is 0.491 e. The molecule has 0 aliphatic carbocycles. The predicted octanol–water partition coefficient (Wildman–Crippen LogP) is 3.60. The van der Waals surface area contributed by atoms with Crippen LogP contribution in [0.4, 0.5) is 10.5 Å². The molecule has 2 aromatic rings. The monoisotopic (exact) mass is 457 g/mol. The maximum atomic E-state index is 12.6. The van der Waals surface area contributed by atoms with Gasteiger partial charge in [0.2, 0.25) is 0 Å². The van der Waals surface area contributed by atoms with Gasteiger partial charge in [-0.25, -0.2) is 9.59 Å². The highest BCUT2D eigenvalue weighted by atomic mass is 16.6. The topological polar surface area (TPSA) is 131 Å². The van der Waals surface area contributed by atoms with E-state index in [1.165, 1.54) is 13.0 Å². The van der Waals surface area contributed by atoms with Crippen molar-refractivity contribution in [2.45, 2.75) is 26.1 Å². The summed E-state index contributed by atoms with van der Waals surface area (Å²) in [6, 6.07) is 12.9. The lowest BCUT2D eigenvalue weighted by atomic mass is 10.0. The molecule has 0 radical (unpaired) electrons. The summed E-state index contributed by atoms with van der Waals surface area (Å²) in [5.74, 6) is -0.753. The van der Waals surface area contributed by atoms with Crippen molar-refractivity contribution in [3.63, 3.8) is 0 Å². The van der Waals surface area contributed by atoms with Crippen molar-refractivity contribution >= 4 is 23.5 Å². The molecule has 0 aliphatic heterocycles. The fourth-order valence-electron chi connectivity index (χ4n) is 2.91. The number of nitrogens with one attached hydrogen (secondary N) is 1. The molecule has 176 valence electrons. The van der Waals surface area contributed by atoms with E-state index in [1.54, 1.807) is 55.5 Å². The summed E-state index contributed by atoms with van der Waals surface area (Å²) < 4.78 is 16.6. The second-order valence-corrected chi connectivity index (χ2v) is 6.84. The quantitative estimate of drug-likeness (QED) is 0.325. The lowest BCUT2D eigenvalue weighted by molar-refractivity contribution is -0.131. The molecule has 33 heavy (non-hydrogen) atoms. The smallest absolute Gasteiger partial charge is 0.412 e. The first-order valence-electron chi connectivity index (χ1n) is 10.3. The van der Waals surface area contributed by atoms with Crippen LogP contribution in [0.1, 0.15) is 35.9 Å². The van der Waals surface area contributed by atoms with E-state index < -0.39 is 24.3 Å². The lowest BCUT2D eigenvalue weighted by Gasteiger charge is -2.25. The van der Waals surface area contributed by atoms with Crippen LogP contribution in [0.15, 0.2) is 60.7 Å². The average Bonchev–Trinajstić information content (AvgIpc) is 2.79. The van der Waals surface area contributed by atoms with Crippen molar-refractivity contribution in [2.24, 2.45) is 0 Å². The van der Waals surface area contributed by atoms with Gasteiger partial charge in [0.25, 0.3) is 0 Å². The number of ketones is 1. The van der Waals surface area contributed by atoms with Gasteiger partial charge in [-0.2, -0.15) is 0 Å². The second-order valence-electron chi connectivity index (χ2n) is 6.84. The molecule has 0 saturated heterocycles. The Morgan fingerprint density at radius 1 is 1.06 bits per heavy atom. The highest BCUT2D eigenvalue weighted by Gasteiger charge is 2.26. The number of amides is 1. The van der Waals surface area contributed by atoms with Crippen LogP contribution in [0.5, 0.6) is 5.75 Å². The standard InChI is InChI=1S/C24H27NO8/c1-3-31-21(12-13-22(28)29)23(18-6-10-20(11-7-18)32-15-14-26)33-24(30)25-19-8-4-17(5-9-19)16(2)27/h4-13,21,23,26H,3,14-15H2,1-2H3,(H,25,30)(H,28,29)/b13-12+/t21-,23-/m1/s1. The van der Waals surface area contributed by atoms with Crippen LogP contribution < -0.4 is 10.1 Å². The Balaban J connectivity index is 2.25. The molecular weight excluding hydrogens is 430 g/mol. The van der Waals surface area contributed by atoms with Crippen LogP contribution in [0.3, 0.4) is 0 Å². The molecule has 0 unspecified atom stereocenters. The van der Waals surface area contributed by atoms with Gasteiger partial charge in [-0.1, -0.05) is 12.1 Å². The molecule has 0 saturated carbocycles. The number of anilines is 1. The Bertz CT molecular complexity index is 953. The van der Waals surface area contributed by atoms with Crippen LogP contribution in [0, 0.1) is 0 Å². The number of aliphatic hydroxyl groups excluding tert-OH is 1. The molecule has 0 bridgehead atoms. The van der Waals surface area contributed by atoms with Gasteiger partial charge in [0.1, 0.15) is 18.5 Å². The summed E-state index contributed by atoms with van der Waals surface area (Å²) in [4.78, 5) is 35.1. The molecular formula is C24H27NO8. The molecule has 3 N–H and O–H groups in total. The van der Waals surface area contributed by atoms with Gasteiger partial charge >= 0.3 is 12.1 Å². The van der Waals surface area contributed by atoms with Gasteiger partial charge in [0, 0.05) is 23.9 Å². The molecule has 2 rings (SSSR count). The number of aliphatic hydroxyl groups is 1. The van der Waals surface area contributed by atoms with Crippen molar-refractivity contribution < 1.29 is 38.8 Å².